The van der Waals surface area contributed by atoms with E-state index in [4.69, 9.17) is 0 Å². The highest BCUT2D eigenvalue weighted by Crippen LogP contribution is 2.35. The topological polar surface area (TPSA) is 83.6 Å². The summed E-state index contributed by atoms with van der Waals surface area (Å²) in [4.78, 5) is 11.8. The van der Waals surface area contributed by atoms with Crippen molar-refractivity contribution in [2.24, 2.45) is 0 Å². The second-order valence-electron chi connectivity index (χ2n) is 5.34. The Kier molecular flexibility index (Phi) is 5.83. The monoisotopic (exact) mass is 381 g/mol. The van der Waals surface area contributed by atoms with E-state index in [1.165, 1.54) is 0 Å². The van der Waals surface area contributed by atoms with E-state index >= 15 is 0 Å². The summed E-state index contributed by atoms with van der Waals surface area (Å²) in [6.45, 7) is 0. The Balaban J connectivity index is 2.01. The standard InChI is InChI=1S/C14H13F6N5O/c15-13(16,17)9-6-4-8(5-7-9)12(14(18,19)20)21-11(26)3-1-2-10-22-24-25-23-10/h4-7,12H,1-3H2,(H,21,26)(H,22,23,24,25). The van der Waals surface area contributed by atoms with Crippen molar-refractivity contribution in [3.05, 3.63) is 41.2 Å². The van der Waals surface area contributed by atoms with Gasteiger partial charge in [0, 0.05) is 12.8 Å². The summed E-state index contributed by atoms with van der Waals surface area (Å²) >= 11 is 0. The molecule has 6 nitrogen and oxygen atoms in total. The normalized spacial score (nSPS) is 13.5. The molecule has 1 aromatic carbocycles. The average molecular weight is 381 g/mol. The van der Waals surface area contributed by atoms with Crippen LogP contribution in [0, 0.1) is 0 Å². The lowest BCUT2D eigenvalue weighted by Gasteiger charge is -2.22. The van der Waals surface area contributed by atoms with Crippen LogP contribution in [-0.4, -0.2) is 32.7 Å². The molecule has 0 saturated heterocycles. The van der Waals surface area contributed by atoms with E-state index in [1.54, 1.807) is 5.32 Å². The molecule has 0 aliphatic rings. The Labute approximate surface area is 143 Å². The minimum atomic E-state index is -4.86. The van der Waals surface area contributed by atoms with E-state index in [9.17, 15) is 31.1 Å². The van der Waals surface area contributed by atoms with Gasteiger partial charge in [0.15, 0.2) is 11.9 Å². The van der Waals surface area contributed by atoms with Crippen LogP contribution in [0.2, 0.25) is 0 Å². The summed E-state index contributed by atoms with van der Waals surface area (Å²) in [7, 11) is 0. The van der Waals surface area contributed by atoms with Crippen LogP contribution in [-0.2, 0) is 17.4 Å². The first-order valence-electron chi connectivity index (χ1n) is 7.33. The van der Waals surface area contributed by atoms with Crippen molar-refractivity contribution in [2.75, 3.05) is 0 Å². The van der Waals surface area contributed by atoms with Gasteiger partial charge in [-0.15, -0.1) is 10.2 Å². The van der Waals surface area contributed by atoms with E-state index < -0.39 is 35.4 Å². The fraction of sp³-hybridized carbons (Fsp3) is 0.429. The zero-order chi connectivity index (χ0) is 19.4. The molecular weight excluding hydrogens is 368 g/mol. The molecule has 2 rings (SSSR count). The zero-order valence-corrected chi connectivity index (χ0v) is 13.0. The van der Waals surface area contributed by atoms with Gasteiger partial charge in [0.1, 0.15) is 0 Å². The van der Waals surface area contributed by atoms with Gasteiger partial charge in [-0.25, -0.2) is 0 Å². The van der Waals surface area contributed by atoms with E-state index in [-0.39, 0.29) is 19.3 Å². The molecule has 0 aliphatic carbocycles. The lowest BCUT2D eigenvalue weighted by atomic mass is 10.0. The minimum Gasteiger partial charge on any atom is -0.341 e. The molecule has 0 radical (unpaired) electrons. The number of aryl methyl sites for hydroxylation is 1. The number of nitrogens with zero attached hydrogens (tertiary/aromatic N) is 3. The molecule has 2 N–H and O–H groups in total. The van der Waals surface area contributed by atoms with Crippen LogP contribution in [0.3, 0.4) is 0 Å². The number of nitrogens with one attached hydrogen (secondary N) is 2. The smallest absolute Gasteiger partial charge is 0.341 e. The number of halogens is 6. The summed E-state index contributed by atoms with van der Waals surface area (Å²) in [6, 6.07) is 0.0659. The number of hydrogen-bond donors (Lipinski definition) is 2. The number of rotatable bonds is 6. The molecule has 0 fully saturated rings. The van der Waals surface area contributed by atoms with Crippen molar-refractivity contribution in [2.45, 2.75) is 37.7 Å². The molecule has 12 heteroatoms. The molecule has 0 aliphatic heterocycles. The van der Waals surface area contributed by atoms with Gasteiger partial charge in [0.2, 0.25) is 5.91 Å². The summed E-state index contributed by atoms with van der Waals surface area (Å²) in [6.07, 6.45) is -9.33. The fourth-order valence-electron chi connectivity index (χ4n) is 2.15. The number of aromatic amines is 1. The first-order chi connectivity index (χ1) is 12.1. The van der Waals surface area contributed by atoms with E-state index in [1.807, 2.05) is 0 Å². The lowest BCUT2D eigenvalue weighted by Crippen LogP contribution is -2.38. The number of benzene rings is 1. The molecule has 1 atom stereocenters. The summed E-state index contributed by atoms with van der Waals surface area (Å²) in [5.41, 5.74) is -1.56. The quantitative estimate of drug-likeness (QED) is 0.754. The molecule has 0 spiro atoms. The summed E-state index contributed by atoms with van der Waals surface area (Å²) in [5, 5.41) is 14.6. The average Bonchev–Trinajstić information content (AvgIpc) is 3.04. The van der Waals surface area contributed by atoms with Gasteiger partial charge in [-0.1, -0.05) is 17.3 Å². The maximum Gasteiger partial charge on any atom is 0.416 e. The van der Waals surface area contributed by atoms with Crippen LogP contribution < -0.4 is 5.32 Å². The minimum absolute atomic E-state index is 0.183. The Morgan fingerprint density at radius 2 is 1.77 bits per heavy atom. The van der Waals surface area contributed by atoms with Gasteiger partial charge >= 0.3 is 12.4 Å². The van der Waals surface area contributed by atoms with Crippen molar-refractivity contribution in [3.63, 3.8) is 0 Å². The first-order valence-corrected chi connectivity index (χ1v) is 7.33. The van der Waals surface area contributed by atoms with Gasteiger partial charge in [0.25, 0.3) is 0 Å². The number of amides is 1. The number of carbonyl (C=O) groups is 1. The first kappa shape index (κ1) is 19.7. The molecular formula is C14H13F6N5O. The Bertz CT molecular complexity index is 711. The molecule has 1 amide bonds. The molecule has 1 aromatic heterocycles. The molecule has 0 bridgehead atoms. The van der Waals surface area contributed by atoms with Crippen molar-refractivity contribution in [1.29, 1.82) is 0 Å². The predicted octanol–water partition coefficient (Wildman–Crippen LogP) is 2.96. The molecule has 26 heavy (non-hydrogen) atoms. The maximum absolute atomic E-state index is 13.2. The number of hydrogen-bond acceptors (Lipinski definition) is 4. The molecule has 1 unspecified atom stereocenters. The highest BCUT2D eigenvalue weighted by Gasteiger charge is 2.42. The van der Waals surface area contributed by atoms with E-state index in [0.717, 1.165) is 0 Å². The van der Waals surface area contributed by atoms with Crippen LogP contribution in [0.4, 0.5) is 26.3 Å². The van der Waals surface area contributed by atoms with E-state index in [2.05, 4.69) is 20.6 Å². The van der Waals surface area contributed by atoms with Crippen LogP contribution in [0.1, 0.15) is 35.8 Å². The van der Waals surface area contributed by atoms with E-state index in [0.29, 0.717) is 30.1 Å². The number of aromatic nitrogens is 4. The van der Waals surface area contributed by atoms with Gasteiger partial charge in [0.05, 0.1) is 5.56 Å². The second-order valence-corrected chi connectivity index (χ2v) is 5.34. The SMILES string of the molecule is O=C(CCCc1nn[nH]n1)NC(c1ccc(C(F)(F)F)cc1)C(F)(F)F. The van der Waals surface area contributed by atoms with Crippen molar-refractivity contribution in [3.8, 4) is 0 Å². The van der Waals surface area contributed by atoms with Gasteiger partial charge in [-0.2, -0.15) is 31.6 Å². The summed E-state index contributed by atoms with van der Waals surface area (Å²) < 4.78 is 77.1. The molecule has 142 valence electrons. The Hall–Kier alpha value is -2.66. The van der Waals surface area contributed by atoms with Crippen molar-refractivity contribution >= 4 is 5.91 Å². The highest BCUT2D eigenvalue weighted by atomic mass is 19.4. The third-order valence-corrected chi connectivity index (χ3v) is 3.40. The third kappa shape index (κ3) is 5.43. The van der Waals surface area contributed by atoms with Gasteiger partial charge < -0.3 is 5.32 Å². The number of alkyl halides is 6. The molecule has 2 aromatic rings. The highest BCUT2D eigenvalue weighted by molar-refractivity contribution is 5.76. The summed E-state index contributed by atoms with van der Waals surface area (Å²) in [5.74, 6) is -0.580. The Morgan fingerprint density at radius 1 is 1.12 bits per heavy atom. The molecule has 0 saturated carbocycles. The zero-order valence-electron chi connectivity index (χ0n) is 13.0. The van der Waals surface area contributed by atoms with Crippen molar-refractivity contribution in [1.82, 2.24) is 25.9 Å². The number of H-pyrrole nitrogens is 1. The van der Waals surface area contributed by atoms with Crippen LogP contribution in [0.15, 0.2) is 24.3 Å². The predicted molar refractivity (Wildman–Crippen MR) is 75.5 cm³/mol. The lowest BCUT2D eigenvalue weighted by molar-refractivity contribution is -0.163. The van der Waals surface area contributed by atoms with Crippen molar-refractivity contribution < 1.29 is 31.1 Å². The van der Waals surface area contributed by atoms with Crippen LogP contribution in [0.25, 0.3) is 0 Å². The number of tetrazole rings is 1. The third-order valence-electron chi connectivity index (χ3n) is 3.40. The Morgan fingerprint density at radius 3 is 2.27 bits per heavy atom. The fourth-order valence-corrected chi connectivity index (χ4v) is 2.15. The number of carbonyl (C=O) groups excluding carboxylic acids is 1. The largest absolute Gasteiger partial charge is 0.416 e. The second kappa shape index (κ2) is 7.70. The van der Waals surface area contributed by atoms with Crippen LogP contribution >= 0.6 is 0 Å². The van der Waals surface area contributed by atoms with Gasteiger partial charge in [-0.05, 0) is 24.1 Å². The molecule has 1 heterocycles. The van der Waals surface area contributed by atoms with Crippen LogP contribution in [0.5, 0.6) is 0 Å². The maximum atomic E-state index is 13.2. The van der Waals surface area contributed by atoms with Gasteiger partial charge in [-0.3, -0.25) is 4.79 Å².